The lowest BCUT2D eigenvalue weighted by Gasteiger charge is -2.28. The summed E-state index contributed by atoms with van der Waals surface area (Å²) in [5, 5.41) is 5.23. The van der Waals surface area contributed by atoms with Gasteiger partial charge in [-0.05, 0) is 48.6 Å². The molecule has 45 heavy (non-hydrogen) atoms. The summed E-state index contributed by atoms with van der Waals surface area (Å²) in [6, 6.07) is 22.4. The third kappa shape index (κ3) is 9.70. The van der Waals surface area contributed by atoms with Crippen molar-refractivity contribution in [3.63, 3.8) is 0 Å². The first-order chi connectivity index (χ1) is 21.8. The van der Waals surface area contributed by atoms with Crippen LogP contribution in [-0.4, -0.2) is 79.3 Å². The summed E-state index contributed by atoms with van der Waals surface area (Å²) in [5.74, 6) is -1.15. The number of hydrogen-bond acceptors (Lipinski definition) is 10. The van der Waals surface area contributed by atoms with Crippen LogP contribution in [-0.2, 0) is 39.8 Å². The molecule has 1 fully saturated rings. The Morgan fingerprint density at radius 2 is 1.64 bits per heavy atom. The Bertz CT molecular complexity index is 1450. The maximum atomic E-state index is 14.0. The molecule has 4 rings (SSSR count). The zero-order valence-corrected chi connectivity index (χ0v) is 26.6. The van der Waals surface area contributed by atoms with Gasteiger partial charge in [-0.3, -0.25) is 19.7 Å². The van der Waals surface area contributed by atoms with Crippen LogP contribution < -0.4 is 5.32 Å². The van der Waals surface area contributed by atoms with Gasteiger partial charge in [-0.25, -0.2) is 4.79 Å². The molecule has 1 aliphatic heterocycles. The minimum absolute atomic E-state index is 0.113. The molecule has 3 aromatic rings. The van der Waals surface area contributed by atoms with E-state index in [1.807, 2.05) is 72.8 Å². The molecule has 0 radical (unpaired) electrons. The van der Waals surface area contributed by atoms with Gasteiger partial charge in [0.15, 0.2) is 0 Å². The Morgan fingerprint density at radius 3 is 2.40 bits per heavy atom. The van der Waals surface area contributed by atoms with Crippen molar-refractivity contribution in [1.29, 1.82) is 0 Å². The van der Waals surface area contributed by atoms with Gasteiger partial charge in [0.2, 0.25) is 12.2 Å². The van der Waals surface area contributed by atoms with E-state index in [2.05, 4.69) is 5.32 Å². The van der Waals surface area contributed by atoms with Gasteiger partial charge in [-0.15, -0.1) is 11.8 Å². The number of nitrogens with one attached hydrogen (secondary N) is 1. The van der Waals surface area contributed by atoms with Gasteiger partial charge in [0.25, 0.3) is 0 Å². The molecule has 1 amide bonds. The van der Waals surface area contributed by atoms with Crippen LogP contribution >= 0.6 is 11.8 Å². The van der Waals surface area contributed by atoms with Crippen LogP contribution in [0.4, 0.5) is 4.79 Å². The van der Waals surface area contributed by atoms with Gasteiger partial charge in [0, 0.05) is 24.5 Å². The van der Waals surface area contributed by atoms with Crippen molar-refractivity contribution in [2.45, 2.75) is 57.2 Å². The first-order valence-corrected chi connectivity index (χ1v) is 16.2. The molecule has 11 heteroatoms. The van der Waals surface area contributed by atoms with Crippen molar-refractivity contribution in [3.8, 4) is 0 Å². The summed E-state index contributed by atoms with van der Waals surface area (Å²) >= 11 is 1.59. The normalized spacial score (nSPS) is 18.0. The topological polar surface area (TPSA) is 120 Å². The first kappa shape index (κ1) is 33.8. The summed E-state index contributed by atoms with van der Waals surface area (Å²) in [5.41, 5.74) is 2.10. The Kier molecular flexibility index (Phi) is 12.6. The molecule has 0 aliphatic carbocycles. The Balaban J connectivity index is 1.56. The molecule has 1 aliphatic rings. The number of ether oxygens (including phenoxy) is 4. The van der Waals surface area contributed by atoms with E-state index >= 15 is 0 Å². The molecule has 0 spiro atoms. The Hall–Kier alpha value is -4.09. The highest BCUT2D eigenvalue weighted by molar-refractivity contribution is 7.99. The number of aryl methyl sites for hydroxylation is 1. The van der Waals surface area contributed by atoms with Gasteiger partial charge < -0.3 is 23.8 Å². The van der Waals surface area contributed by atoms with Crippen LogP contribution in [0, 0.1) is 0 Å². The van der Waals surface area contributed by atoms with Crippen molar-refractivity contribution in [2.24, 2.45) is 0 Å². The predicted molar refractivity (Wildman–Crippen MR) is 171 cm³/mol. The average molecular weight is 637 g/mol. The fraction of sp³-hybridized carbons (Fsp3) is 0.412. The van der Waals surface area contributed by atoms with E-state index in [0.717, 1.165) is 21.9 Å². The SMILES string of the molecule is CCOC(=O)OC(C)OC(=O)CN1CC(c2cccc3ccccc23)SCC(NC(CCc2ccccc2)C(=O)OCC)C1=O. The van der Waals surface area contributed by atoms with E-state index in [-0.39, 0.29) is 37.5 Å². The van der Waals surface area contributed by atoms with E-state index in [1.165, 1.54) is 11.8 Å². The number of amides is 1. The molecule has 10 nitrogen and oxygen atoms in total. The molecule has 0 aromatic heterocycles. The van der Waals surface area contributed by atoms with Crippen LogP contribution in [0.5, 0.6) is 0 Å². The number of carbonyl (C=O) groups is 4. The van der Waals surface area contributed by atoms with Gasteiger partial charge in [-0.2, -0.15) is 0 Å². The number of fused-ring (bicyclic) bond motifs is 1. The average Bonchev–Trinajstić information content (AvgIpc) is 3.17. The standard InChI is InChI=1S/C34H40N2O8S/c1-4-41-33(39)28(19-18-24-12-7-6-8-13-24)35-29-22-45-30(27-17-11-15-25-14-9-10-16-26(25)27)20-36(32(29)38)21-31(37)43-23(3)44-34(40)42-5-2/h6-17,23,28-30,35H,4-5,18-22H2,1-3H3. The number of rotatable bonds is 13. The van der Waals surface area contributed by atoms with E-state index in [0.29, 0.717) is 18.6 Å². The number of esters is 2. The van der Waals surface area contributed by atoms with E-state index in [1.54, 1.807) is 25.6 Å². The van der Waals surface area contributed by atoms with Crippen molar-refractivity contribution in [1.82, 2.24) is 10.2 Å². The van der Waals surface area contributed by atoms with E-state index in [9.17, 15) is 19.2 Å². The molecule has 1 saturated heterocycles. The highest BCUT2D eigenvalue weighted by Crippen LogP contribution is 2.37. The maximum Gasteiger partial charge on any atom is 0.511 e. The maximum absolute atomic E-state index is 14.0. The second kappa shape index (κ2) is 16.8. The molecular weight excluding hydrogens is 596 g/mol. The Morgan fingerprint density at radius 1 is 0.933 bits per heavy atom. The summed E-state index contributed by atoms with van der Waals surface area (Å²) in [6.45, 7) is 4.95. The largest absolute Gasteiger partial charge is 0.511 e. The highest BCUT2D eigenvalue weighted by Gasteiger charge is 2.36. The second-order valence-corrected chi connectivity index (χ2v) is 11.8. The fourth-order valence-corrected chi connectivity index (χ4v) is 6.56. The minimum Gasteiger partial charge on any atom is -0.465 e. The minimum atomic E-state index is -1.21. The van der Waals surface area contributed by atoms with Gasteiger partial charge >= 0.3 is 18.1 Å². The quantitative estimate of drug-likeness (QED) is 0.155. The molecule has 1 heterocycles. The molecule has 3 aromatic carbocycles. The molecule has 1 N–H and O–H groups in total. The van der Waals surface area contributed by atoms with Crippen LogP contribution in [0.15, 0.2) is 72.8 Å². The zero-order chi connectivity index (χ0) is 32.2. The summed E-state index contributed by atoms with van der Waals surface area (Å²) in [6.07, 6.45) is -1.13. The van der Waals surface area contributed by atoms with Crippen molar-refractivity contribution >= 4 is 46.5 Å². The Labute approximate surface area is 267 Å². The predicted octanol–water partition coefficient (Wildman–Crippen LogP) is 5.04. The molecule has 4 unspecified atom stereocenters. The van der Waals surface area contributed by atoms with Crippen molar-refractivity contribution in [2.75, 3.05) is 32.1 Å². The summed E-state index contributed by atoms with van der Waals surface area (Å²) < 4.78 is 20.3. The smallest absolute Gasteiger partial charge is 0.465 e. The van der Waals surface area contributed by atoms with Crippen LogP contribution in [0.2, 0.25) is 0 Å². The lowest BCUT2D eigenvalue weighted by Crippen LogP contribution is -2.54. The fourth-order valence-electron chi connectivity index (χ4n) is 5.23. The third-order valence-electron chi connectivity index (χ3n) is 7.31. The van der Waals surface area contributed by atoms with Crippen molar-refractivity contribution < 1.29 is 38.1 Å². The summed E-state index contributed by atoms with van der Waals surface area (Å²) in [4.78, 5) is 53.2. The molecule has 240 valence electrons. The lowest BCUT2D eigenvalue weighted by atomic mass is 10.0. The van der Waals surface area contributed by atoms with Gasteiger partial charge in [0.1, 0.15) is 12.6 Å². The first-order valence-electron chi connectivity index (χ1n) is 15.2. The summed E-state index contributed by atoms with van der Waals surface area (Å²) in [7, 11) is 0. The molecule has 0 saturated carbocycles. The van der Waals surface area contributed by atoms with Crippen LogP contribution in [0.3, 0.4) is 0 Å². The zero-order valence-electron chi connectivity index (χ0n) is 25.8. The second-order valence-electron chi connectivity index (χ2n) is 10.5. The third-order valence-corrected chi connectivity index (χ3v) is 8.64. The van der Waals surface area contributed by atoms with E-state index in [4.69, 9.17) is 18.9 Å². The number of carbonyl (C=O) groups excluding carboxylic acids is 4. The van der Waals surface area contributed by atoms with Gasteiger partial charge in [0.05, 0.1) is 19.3 Å². The molecule has 0 bridgehead atoms. The monoisotopic (exact) mass is 636 g/mol. The lowest BCUT2D eigenvalue weighted by molar-refractivity contribution is -0.171. The van der Waals surface area contributed by atoms with Gasteiger partial charge in [-0.1, -0.05) is 72.8 Å². The number of nitrogens with zero attached hydrogens (tertiary/aromatic N) is 1. The van der Waals surface area contributed by atoms with Crippen molar-refractivity contribution in [3.05, 3.63) is 83.9 Å². The number of benzene rings is 3. The molecular formula is C34H40N2O8S. The number of thioether (sulfide) groups is 1. The highest BCUT2D eigenvalue weighted by atomic mass is 32.2. The van der Waals surface area contributed by atoms with Crippen LogP contribution in [0.1, 0.15) is 43.6 Å². The number of hydrogen-bond donors (Lipinski definition) is 1. The van der Waals surface area contributed by atoms with E-state index < -0.39 is 36.5 Å². The van der Waals surface area contributed by atoms with Crippen LogP contribution in [0.25, 0.3) is 10.8 Å². The molecule has 4 atom stereocenters.